The highest BCUT2D eigenvalue weighted by Crippen LogP contribution is 2.29. The summed E-state index contributed by atoms with van der Waals surface area (Å²) in [4.78, 5) is 12.5. The van der Waals surface area contributed by atoms with E-state index >= 15 is 0 Å². The number of aromatic nitrogens is 2. The standard InChI is InChI=1S/C13H20N4S/c1-5-17(8-9(2)3)11-10-6-7-18-12(10)16-13(14-4)15-11/h6-7,9H,5,8H2,1-4H3,(H,14,15,16). The predicted molar refractivity (Wildman–Crippen MR) is 79.7 cm³/mol. The molecule has 1 N–H and O–H groups in total. The molecule has 4 nitrogen and oxygen atoms in total. The van der Waals surface area contributed by atoms with Crippen LogP contribution in [0, 0.1) is 5.92 Å². The quantitative estimate of drug-likeness (QED) is 0.900. The van der Waals surface area contributed by atoms with Crippen LogP contribution in [0.15, 0.2) is 11.4 Å². The van der Waals surface area contributed by atoms with E-state index in [-0.39, 0.29) is 0 Å². The number of anilines is 2. The molecule has 0 atom stereocenters. The lowest BCUT2D eigenvalue weighted by Crippen LogP contribution is -2.28. The first-order valence-corrected chi connectivity index (χ1v) is 7.21. The highest BCUT2D eigenvalue weighted by atomic mass is 32.1. The fourth-order valence-corrected chi connectivity index (χ4v) is 2.76. The summed E-state index contributed by atoms with van der Waals surface area (Å²) in [6.45, 7) is 8.61. The van der Waals surface area contributed by atoms with Crippen molar-refractivity contribution in [3.8, 4) is 0 Å². The van der Waals surface area contributed by atoms with Crippen LogP contribution in [0.3, 0.4) is 0 Å². The Balaban J connectivity index is 2.49. The first-order valence-electron chi connectivity index (χ1n) is 6.33. The predicted octanol–water partition coefficient (Wildman–Crippen LogP) is 3.22. The van der Waals surface area contributed by atoms with Gasteiger partial charge in [0.25, 0.3) is 0 Å². The van der Waals surface area contributed by atoms with Gasteiger partial charge in [0.15, 0.2) is 0 Å². The van der Waals surface area contributed by atoms with E-state index in [9.17, 15) is 0 Å². The van der Waals surface area contributed by atoms with Crippen molar-refractivity contribution in [2.24, 2.45) is 5.92 Å². The minimum atomic E-state index is 0.617. The van der Waals surface area contributed by atoms with Crippen LogP contribution in [0.5, 0.6) is 0 Å². The van der Waals surface area contributed by atoms with Gasteiger partial charge in [-0.2, -0.15) is 4.98 Å². The molecule has 98 valence electrons. The highest BCUT2D eigenvalue weighted by Gasteiger charge is 2.14. The van der Waals surface area contributed by atoms with Crippen LogP contribution in [0.2, 0.25) is 0 Å². The zero-order valence-corrected chi connectivity index (χ0v) is 12.2. The third-order valence-corrected chi connectivity index (χ3v) is 3.60. The van der Waals surface area contributed by atoms with Crippen molar-refractivity contribution >= 4 is 33.3 Å². The Labute approximate surface area is 112 Å². The monoisotopic (exact) mass is 264 g/mol. The van der Waals surface area contributed by atoms with Gasteiger partial charge in [-0.15, -0.1) is 11.3 Å². The molecule has 0 fully saturated rings. The molecule has 0 aromatic carbocycles. The fourth-order valence-electron chi connectivity index (χ4n) is 2.00. The van der Waals surface area contributed by atoms with Crippen LogP contribution in [0.25, 0.3) is 10.2 Å². The zero-order valence-electron chi connectivity index (χ0n) is 11.4. The van der Waals surface area contributed by atoms with Gasteiger partial charge in [-0.05, 0) is 24.3 Å². The summed E-state index contributed by atoms with van der Waals surface area (Å²) in [6, 6.07) is 2.11. The second kappa shape index (κ2) is 5.52. The van der Waals surface area contributed by atoms with Gasteiger partial charge in [0.05, 0.1) is 5.39 Å². The van der Waals surface area contributed by atoms with Gasteiger partial charge in [0.2, 0.25) is 5.95 Å². The lowest BCUT2D eigenvalue weighted by Gasteiger charge is -2.24. The van der Waals surface area contributed by atoms with Gasteiger partial charge in [-0.1, -0.05) is 13.8 Å². The summed E-state index contributed by atoms with van der Waals surface area (Å²) >= 11 is 1.66. The molecule has 0 radical (unpaired) electrons. The molecule has 18 heavy (non-hydrogen) atoms. The number of nitrogens with one attached hydrogen (secondary N) is 1. The maximum atomic E-state index is 4.63. The van der Waals surface area contributed by atoms with Crippen LogP contribution in [-0.2, 0) is 0 Å². The molecule has 0 aliphatic carbocycles. The third-order valence-electron chi connectivity index (χ3n) is 2.80. The van der Waals surface area contributed by atoms with E-state index in [1.54, 1.807) is 11.3 Å². The molecule has 5 heteroatoms. The topological polar surface area (TPSA) is 41.1 Å². The second-order valence-electron chi connectivity index (χ2n) is 4.69. The van der Waals surface area contributed by atoms with Gasteiger partial charge in [0.1, 0.15) is 10.6 Å². The average molecular weight is 264 g/mol. The van der Waals surface area contributed by atoms with Crippen molar-refractivity contribution in [2.75, 3.05) is 30.4 Å². The van der Waals surface area contributed by atoms with Crippen LogP contribution in [0.1, 0.15) is 20.8 Å². The first kappa shape index (κ1) is 13.1. The Morgan fingerprint density at radius 1 is 1.39 bits per heavy atom. The van der Waals surface area contributed by atoms with E-state index in [0.29, 0.717) is 11.9 Å². The maximum Gasteiger partial charge on any atom is 0.225 e. The second-order valence-corrected chi connectivity index (χ2v) is 5.59. The molecule has 0 unspecified atom stereocenters. The van der Waals surface area contributed by atoms with Gasteiger partial charge < -0.3 is 10.2 Å². The first-order chi connectivity index (χ1) is 8.65. The van der Waals surface area contributed by atoms with Crippen LogP contribution < -0.4 is 10.2 Å². The zero-order chi connectivity index (χ0) is 13.1. The van der Waals surface area contributed by atoms with Crippen LogP contribution >= 0.6 is 11.3 Å². The van der Waals surface area contributed by atoms with Crippen LogP contribution in [0.4, 0.5) is 11.8 Å². The number of hydrogen-bond acceptors (Lipinski definition) is 5. The van der Waals surface area contributed by atoms with Crippen LogP contribution in [-0.4, -0.2) is 30.1 Å². The smallest absolute Gasteiger partial charge is 0.225 e. The van der Waals surface area contributed by atoms with Gasteiger partial charge in [-0.25, -0.2) is 4.98 Å². The Kier molecular flexibility index (Phi) is 4.01. The highest BCUT2D eigenvalue weighted by molar-refractivity contribution is 7.16. The van der Waals surface area contributed by atoms with E-state index in [2.05, 4.69) is 52.4 Å². The van der Waals surface area contributed by atoms with Crippen molar-refractivity contribution < 1.29 is 0 Å². The molecular formula is C13H20N4S. The molecule has 0 amide bonds. The lowest BCUT2D eigenvalue weighted by atomic mass is 10.2. The van der Waals surface area contributed by atoms with Crippen molar-refractivity contribution in [3.05, 3.63) is 11.4 Å². The van der Waals surface area contributed by atoms with Gasteiger partial charge in [-0.3, -0.25) is 0 Å². The molecule has 2 aromatic rings. The molecule has 0 aliphatic rings. The SMILES string of the molecule is CCN(CC(C)C)c1nc(NC)nc2sccc12. The number of fused-ring (bicyclic) bond motifs is 1. The molecule has 2 rings (SSSR count). The summed E-state index contributed by atoms with van der Waals surface area (Å²) in [6.07, 6.45) is 0. The molecule has 2 heterocycles. The number of nitrogens with zero attached hydrogens (tertiary/aromatic N) is 3. The summed E-state index contributed by atoms with van der Waals surface area (Å²) in [5, 5.41) is 6.27. The fraction of sp³-hybridized carbons (Fsp3) is 0.538. The summed E-state index contributed by atoms with van der Waals surface area (Å²) in [5.41, 5.74) is 0. The number of thiophene rings is 1. The number of rotatable bonds is 5. The van der Waals surface area contributed by atoms with E-state index in [4.69, 9.17) is 0 Å². The average Bonchev–Trinajstić information content (AvgIpc) is 2.82. The molecule has 0 aliphatic heterocycles. The van der Waals surface area contributed by atoms with Crippen molar-refractivity contribution in [3.63, 3.8) is 0 Å². The molecule has 0 saturated carbocycles. The summed E-state index contributed by atoms with van der Waals surface area (Å²) in [5.74, 6) is 2.36. The Bertz CT molecular complexity index is 521. The maximum absolute atomic E-state index is 4.63. The molecule has 0 spiro atoms. The van der Waals surface area contributed by atoms with E-state index in [1.807, 2.05) is 7.05 Å². The normalized spacial score (nSPS) is 11.2. The van der Waals surface area contributed by atoms with Crippen molar-refractivity contribution in [1.29, 1.82) is 0 Å². The Hall–Kier alpha value is -1.36. The molecule has 0 saturated heterocycles. The lowest BCUT2D eigenvalue weighted by molar-refractivity contribution is 0.616. The third kappa shape index (κ3) is 2.56. The minimum absolute atomic E-state index is 0.617. The van der Waals surface area contributed by atoms with Gasteiger partial charge in [0, 0.05) is 20.1 Å². The largest absolute Gasteiger partial charge is 0.357 e. The van der Waals surface area contributed by atoms with Gasteiger partial charge >= 0.3 is 0 Å². The molecule has 0 bridgehead atoms. The summed E-state index contributed by atoms with van der Waals surface area (Å²) in [7, 11) is 1.86. The number of hydrogen-bond donors (Lipinski definition) is 1. The molecular weight excluding hydrogens is 244 g/mol. The van der Waals surface area contributed by atoms with E-state index < -0.39 is 0 Å². The van der Waals surface area contributed by atoms with E-state index in [0.717, 1.165) is 29.1 Å². The van der Waals surface area contributed by atoms with E-state index in [1.165, 1.54) is 0 Å². The Morgan fingerprint density at radius 2 is 2.17 bits per heavy atom. The summed E-state index contributed by atoms with van der Waals surface area (Å²) < 4.78 is 0. The minimum Gasteiger partial charge on any atom is -0.357 e. The Morgan fingerprint density at radius 3 is 2.78 bits per heavy atom. The van der Waals surface area contributed by atoms with Crippen molar-refractivity contribution in [2.45, 2.75) is 20.8 Å². The van der Waals surface area contributed by atoms with Crippen molar-refractivity contribution in [1.82, 2.24) is 9.97 Å². The molecule has 2 aromatic heterocycles.